The molecule has 2 aromatic rings. The van der Waals surface area contributed by atoms with Crippen LogP contribution in [0.2, 0.25) is 0 Å². The smallest absolute Gasteiger partial charge is 0.147 e. The van der Waals surface area contributed by atoms with Crippen molar-refractivity contribution in [3.05, 3.63) is 27.7 Å². The standard InChI is InChI=1S/C18H29N7S/c1-3-25-17(21-22-18(25)14-8-15(19)9-14)11-24-6-4-23(5-7-24)10-16-12-26-13(2)20-16/h12,14-15H,3-11,19H2,1-2H3. The summed E-state index contributed by atoms with van der Waals surface area (Å²) in [5, 5.41) is 12.3. The van der Waals surface area contributed by atoms with Crippen molar-refractivity contribution in [2.24, 2.45) is 5.73 Å². The maximum Gasteiger partial charge on any atom is 0.147 e. The van der Waals surface area contributed by atoms with Crippen LogP contribution in [-0.2, 0) is 19.6 Å². The molecule has 2 aliphatic rings. The number of piperazine rings is 1. The molecule has 1 saturated heterocycles. The van der Waals surface area contributed by atoms with Crippen molar-refractivity contribution in [3.63, 3.8) is 0 Å². The molecule has 26 heavy (non-hydrogen) atoms. The van der Waals surface area contributed by atoms with Gasteiger partial charge in [-0.05, 0) is 26.7 Å². The number of aromatic nitrogens is 4. The number of hydrogen-bond acceptors (Lipinski definition) is 7. The second-order valence-corrected chi connectivity index (χ2v) is 8.62. The van der Waals surface area contributed by atoms with E-state index in [1.54, 1.807) is 11.3 Å². The van der Waals surface area contributed by atoms with Gasteiger partial charge in [0.25, 0.3) is 0 Å². The first kappa shape index (κ1) is 18.0. The number of aryl methyl sites for hydroxylation is 1. The van der Waals surface area contributed by atoms with Crippen LogP contribution in [0.5, 0.6) is 0 Å². The Bertz CT molecular complexity index is 726. The van der Waals surface area contributed by atoms with Crippen LogP contribution < -0.4 is 5.73 Å². The van der Waals surface area contributed by atoms with E-state index in [0.717, 1.165) is 75.3 Å². The largest absolute Gasteiger partial charge is 0.328 e. The van der Waals surface area contributed by atoms with Crippen LogP contribution in [-0.4, -0.2) is 61.8 Å². The molecule has 0 atom stereocenters. The second kappa shape index (κ2) is 7.72. The van der Waals surface area contributed by atoms with Crippen LogP contribution in [0.25, 0.3) is 0 Å². The zero-order valence-corrected chi connectivity index (χ0v) is 16.6. The molecule has 7 nitrogen and oxygen atoms in total. The molecule has 1 saturated carbocycles. The number of rotatable bonds is 6. The summed E-state index contributed by atoms with van der Waals surface area (Å²) in [7, 11) is 0. The molecule has 142 valence electrons. The van der Waals surface area contributed by atoms with Crippen LogP contribution in [0.1, 0.15) is 48.0 Å². The van der Waals surface area contributed by atoms with E-state index < -0.39 is 0 Å². The van der Waals surface area contributed by atoms with Gasteiger partial charge in [0, 0.05) is 56.6 Å². The van der Waals surface area contributed by atoms with Gasteiger partial charge in [-0.15, -0.1) is 21.5 Å². The van der Waals surface area contributed by atoms with E-state index in [0.29, 0.717) is 12.0 Å². The molecule has 2 fully saturated rings. The molecule has 1 aliphatic heterocycles. The van der Waals surface area contributed by atoms with E-state index in [-0.39, 0.29) is 0 Å². The number of nitrogens with two attached hydrogens (primary N) is 1. The predicted octanol–water partition coefficient (Wildman–Crippen LogP) is 1.59. The Kier molecular flexibility index (Phi) is 5.35. The molecule has 2 N–H and O–H groups in total. The molecule has 0 amide bonds. The van der Waals surface area contributed by atoms with Crippen LogP contribution in [0, 0.1) is 6.92 Å². The molecule has 3 heterocycles. The summed E-state index contributed by atoms with van der Waals surface area (Å²) in [5.41, 5.74) is 7.15. The van der Waals surface area contributed by atoms with Gasteiger partial charge in [-0.1, -0.05) is 0 Å². The molecule has 0 aromatic carbocycles. The zero-order valence-electron chi connectivity index (χ0n) is 15.8. The Labute approximate surface area is 159 Å². The SMILES string of the molecule is CCn1c(CN2CCN(Cc3csc(C)n3)CC2)nnc1C1CC(N)C1. The van der Waals surface area contributed by atoms with Gasteiger partial charge >= 0.3 is 0 Å². The average Bonchev–Trinajstić information content (AvgIpc) is 3.19. The molecule has 0 spiro atoms. The molecule has 0 bridgehead atoms. The van der Waals surface area contributed by atoms with Crippen molar-refractivity contribution < 1.29 is 0 Å². The van der Waals surface area contributed by atoms with Gasteiger partial charge < -0.3 is 10.3 Å². The van der Waals surface area contributed by atoms with Gasteiger partial charge in [0.15, 0.2) is 0 Å². The number of nitrogens with zero attached hydrogens (tertiary/aromatic N) is 6. The van der Waals surface area contributed by atoms with Gasteiger partial charge in [0.2, 0.25) is 0 Å². The fourth-order valence-electron chi connectivity index (χ4n) is 4.00. The molecular formula is C18H29N7S. The van der Waals surface area contributed by atoms with Crippen molar-refractivity contribution in [1.82, 2.24) is 29.5 Å². The summed E-state index contributed by atoms with van der Waals surface area (Å²) in [6.07, 6.45) is 2.10. The highest BCUT2D eigenvalue weighted by Crippen LogP contribution is 2.34. The van der Waals surface area contributed by atoms with E-state index in [9.17, 15) is 0 Å². The highest BCUT2D eigenvalue weighted by atomic mass is 32.1. The van der Waals surface area contributed by atoms with Crippen molar-refractivity contribution in [2.45, 2.75) is 58.3 Å². The Morgan fingerprint density at radius 3 is 2.38 bits per heavy atom. The van der Waals surface area contributed by atoms with Crippen LogP contribution >= 0.6 is 11.3 Å². The van der Waals surface area contributed by atoms with Gasteiger partial charge in [-0.2, -0.15) is 0 Å². The van der Waals surface area contributed by atoms with Crippen molar-refractivity contribution in [1.29, 1.82) is 0 Å². The topological polar surface area (TPSA) is 76.1 Å². The molecule has 0 radical (unpaired) electrons. The minimum atomic E-state index is 0.347. The second-order valence-electron chi connectivity index (χ2n) is 7.56. The van der Waals surface area contributed by atoms with E-state index >= 15 is 0 Å². The Morgan fingerprint density at radius 2 is 1.81 bits per heavy atom. The van der Waals surface area contributed by atoms with Gasteiger partial charge in [0.05, 0.1) is 17.2 Å². The summed E-state index contributed by atoms with van der Waals surface area (Å²) in [5.74, 6) is 2.75. The molecular weight excluding hydrogens is 346 g/mol. The lowest BCUT2D eigenvalue weighted by Gasteiger charge is -2.34. The number of thiazole rings is 1. The summed E-state index contributed by atoms with van der Waals surface area (Å²) < 4.78 is 2.31. The summed E-state index contributed by atoms with van der Waals surface area (Å²) in [6.45, 7) is 11.4. The van der Waals surface area contributed by atoms with Gasteiger partial charge in [-0.25, -0.2) is 4.98 Å². The molecule has 8 heteroatoms. The van der Waals surface area contributed by atoms with Crippen molar-refractivity contribution in [3.8, 4) is 0 Å². The van der Waals surface area contributed by atoms with E-state index in [4.69, 9.17) is 5.73 Å². The monoisotopic (exact) mass is 375 g/mol. The normalized spacial score (nSPS) is 24.7. The van der Waals surface area contributed by atoms with E-state index in [2.05, 4.69) is 48.8 Å². The fourth-order valence-corrected chi connectivity index (χ4v) is 4.60. The Hall–Kier alpha value is -1.35. The first-order valence-electron chi connectivity index (χ1n) is 9.65. The molecule has 1 aliphatic carbocycles. The first-order chi connectivity index (χ1) is 12.6. The Morgan fingerprint density at radius 1 is 1.12 bits per heavy atom. The maximum atomic E-state index is 5.95. The summed E-state index contributed by atoms with van der Waals surface area (Å²) in [4.78, 5) is 9.58. The lowest BCUT2D eigenvalue weighted by Crippen LogP contribution is -2.45. The van der Waals surface area contributed by atoms with Crippen molar-refractivity contribution >= 4 is 11.3 Å². The van der Waals surface area contributed by atoms with E-state index in [1.165, 1.54) is 5.69 Å². The highest BCUT2D eigenvalue weighted by Gasteiger charge is 2.32. The van der Waals surface area contributed by atoms with Gasteiger partial charge in [0.1, 0.15) is 11.6 Å². The van der Waals surface area contributed by atoms with E-state index in [1.807, 2.05) is 0 Å². The average molecular weight is 376 g/mol. The summed E-state index contributed by atoms with van der Waals surface area (Å²) >= 11 is 1.74. The lowest BCUT2D eigenvalue weighted by molar-refractivity contribution is 0.118. The predicted molar refractivity (Wildman–Crippen MR) is 103 cm³/mol. The third-order valence-electron chi connectivity index (χ3n) is 5.59. The van der Waals surface area contributed by atoms with Crippen molar-refractivity contribution in [2.75, 3.05) is 26.2 Å². The molecule has 4 rings (SSSR count). The van der Waals surface area contributed by atoms with Crippen LogP contribution in [0.4, 0.5) is 0 Å². The highest BCUT2D eigenvalue weighted by molar-refractivity contribution is 7.09. The minimum Gasteiger partial charge on any atom is -0.328 e. The molecule has 2 aromatic heterocycles. The first-order valence-corrected chi connectivity index (χ1v) is 10.5. The third-order valence-corrected chi connectivity index (χ3v) is 6.42. The zero-order chi connectivity index (χ0) is 18.1. The lowest BCUT2D eigenvalue weighted by atomic mass is 9.80. The van der Waals surface area contributed by atoms with Crippen LogP contribution in [0.15, 0.2) is 5.38 Å². The van der Waals surface area contributed by atoms with Crippen LogP contribution in [0.3, 0.4) is 0 Å². The van der Waals surface area contributed by atoms with Gasteiger partial charge in [-0.3, -0.25) is 9.80 Å². The Balaban J connectivity index is 1.31. The number of hydrogen-bond donors (Lipinski definition) is 1. The maximum absolute atomic E-state index is 5.95. The molecule has 0 unspecified atom stereocenters. The minimum absolute atomic E-state index is 0.347. The summed E-state index contributed by atoms with van der Waals surface area (Å²) in [6, 6.07) is 0.347. The quantitative estimate of drug-likeness (QED) is 0.826. The third kappa shape index (κ3) is 3.83. The fraction of sp³-hybridized carbons (Fsp3) is 0.722.